The van der Waals surface area contributed by atoms with Crippen LogP contribution in [0, 0.1) is 17.0 Å². The van der Waals surface area contributed by atoms with Crippen molar-refractivity contribution in [3.8, 4) is 0 Å². The number of hydrogen-bond donors (Lipinski definition) is 3. The molecule has 1 aromatic heterocycles. The summed E-state index contributed by atoms with van der Waals surface area (Å²) in [6.45, 7) is 1.74. The first-order valence-corrected chi connectivity index (χ1v) is 5.19. The predicted molar refractivity (Wildman–Crippen MR) is 52.7 cm³/mol. The standard InChI is InChI=1S/C6H9N3O3.HO3P/c1-5-7-4-6(9(11)12)8(5)2-3-10;1-4(2)3/h4,10H,2-3H2,1H3;(H-,1,2,3)/p+1. The Balaban J connectivity index is 0.000000487. The molecule has 0 fully saturated rings. The topological polar surface area (TPSA) is 139 Å². The van der Waals surface area contributed by atoms with Crippen molar-refractivity contribution in [3.63, 3.8) is 0 Å². The summed E-state index contributed by atoms with van der Waals surface area (Å²) in [6.07, 6.45) is 1.19. The number of rotatable bonds is 3. The molecular weight excluding hydrogens is 241 g/mol. The summed E-state index contributed by atoms with van der Waals surface area (Å²) in [5.74, 6) is 0.456. The fraction of sp³-hybridized carbons (Fsp3) is 0.500. The molecule has 3 N–H and O–H groups in total. The summed E-state index contributed by atoms with van der Waals surface area (Å²) < 4.78 is 10.1. The average Bonchev–Trinajstić information content (AvgIpc) is 2.48. The van der Waals surface area contributed by atoms with Crippen molar-refractivity contribution >= 4 is 14.1 Å². The van der Waals surface area contributed by atoms with Crippen LogP contribution in [0.4, 0.5) is 5.82 Å². The van der Waals surface area contributed by atoms with Crippen LogP contribution in [0.25, 0.3) is 0 Å². The number of aliphatic hydroxyl groups is 1. The van der Waals surface area contributed by atoms with Crippen LogP contribution >= 0.6 is 8.25 Å². The molecule has 90 valence electrons. The van der Waals surface area contributed by atoms with Crippen LogP contribution in [-0.2, 0) is 11.1 Å². The monoisotopic (exact) mass is 252 g/mol. The van der Waals surface area contributed by atoms with Crippen LogP contribution in [0.3, 0.4) is 0 Å². The van der Waals surface area contributed by atoms with Gasteiger partial charge in [-0.1, -0.05) is 0 Å². The van der Waals surface area contributed by atoms with Crippen LogP contribution in [0.15, 0.2) is 6.20 Å². The molecule has 0 atom stereocenters. The van der Waals surface area contributed by atoms with Crippen molar-refractivity contribution in [3.05, 3.63) is 22.1 Å². The predicted octanol–water partition coefficient (Wildman–Crippen LogP) is -0.280. The Morgan fingerprint density at radius 1 is 1.62 bits per heavy atom. The summed E-state index contributed by atoms with van der Waals surface area (Å²) in [6, 6.07) is 0. The molecule has 0 aliphatic rings. The molecule has 16 heavy (non-hydrogen) atoms. The highest BCUT2D eigenvalue weighted by atomic mass is 31.1. The molecule has 1 heterocycles. The number of aromatic nitrogens is 2. The van der Waals surface area contributed by atoms with Crippen LogP contribution in [0.2, 0.25) is 0 Å². The zero-order valence-electron chi connectivity index (χ0n) is 8.35. The van der Waals surface area contributed by atoms with E-state index in [0.29, 0.717) is 5.82 Å². The van der Waals surface area contributed by atoms with Crippen molar-refractivity contribution in [2.24, 2.45) is 0 Å². The Morgan fingerprint density at radius 3 is 2.50 bits per heavy atom. The highest BCUT2D eigenvalue weighted by Crippen LogP contribution is 2.12. The molecule has 0 saturated carbocycles. The molecule has 0 aliphatic carbocycles. The molecule has 0 amide bonds. The lowest BCUT2D eigenvalue weighted by Crippen LogP contribution is -2.07. The first-order chi connectivity index (χ1) is 7.40. The number of hydrogen-bond acceptors (Lipinski definition) is 5. The molecule has 0 radical (unpaired) electrons. The number of nitro groups is 1. The van der Waals surface area contributed by atoms with Gasteiger partial charge in [-0.2, -0.15) is 0 Å². The normalized spacial score (nSPS) is 9.25. The van der Waals surface area contributed by atoms with E-state index in [-0.39, 0.29) is 19.0 Å². The third-order valence-corrected chi connectivity index (χ3v) is 1.54. The van der Waals surface area contributed by atoms with E-state index in [2.05, 4.69) is 4.98 Å². The summed E-state index contributed by atoms with van der Waals surface area (Å²) in [4.78, 5) is 27.9. The molecule has 10 heteroatoms. The van der Waals surface area contributed by atoms with E-state index in [1.165, 1.54) is 10.8 Å². The molecule has 0 unspecified atom stereocenters. The number of imidazole rings is 1. The molecule has 0 bridgehead atoms. The van der Waals surface area contributed by atoms with Gasteiger partial charge in [0.2, 0.25) is 0 Å². The van der Waals surface area contributed by atoms with E-state index in [1.54, 1.807) is 6.92 Å². The van der Waals surface area contributed by atoms with E-state index >= 15 is 0 Å². The molecule has 9 nitrogen and oxygen atoms in total. The molecule has 0 aromatic carbocycles. The maximum Gasteiger partial charge on any atom is 0.692 e. The second-order valence-corrected chi connectivity index (χ2v) is 3.05. The van der Waals surface area contributed by atoms with Gasteiger partial charge in [-0.3, -0.25) is 0 Å². The molecule has 0 aliphatic heterocycles. The minimum absolute atomic E-state index is 0.0819. The van der Waals surface area contributed by atoms with E-state index in [1.807, 2.05) is 0 Å². The highest BCUT2D eigenvalue weighted by Gasteiger charge is 2.15. The maximum absolute atomic E-state index is 10.4. The first-order valence-electron chi connectivity index (χ1n) is 4.02. The van der Waals surface area contributed by atoms with Crippen molar-refractivity contribution in [1.29, 1.82) is 0 Å². The zero-order valence-corrected chi connectivity index (χ0v) is 9.24. The Hall–Kier alpha value is -1.41. The van der Waals surface area contributed by atoms with Crippen LogP contribution in [-0.4, -0.2) is 36.0 Å². The largest absolute Gasteiger partial charge is 0.692 e. The van der Waals surface area contributed by atoms with Crippen LogP contribution in [0.5, 0.6) is 0 Å². The zero-order chi connectivity index (χ0) is 12.7. The Morgan fingerprint density at radius 2 is 2.12 bits per heavy atom. The average molecular weight is 252 g/mol. The molecule has 0 spiro atoms. The third-order valence-electron chi connectivity index (χ3n) is 1.54. The minimum atomic E-state index is -2.87. The van der Waals surface area contributed by atoms with Gasteiger partial charge < -0.3 is 15.2 Å². The van der Waals surface area contributed by atoms with Gasteiger partial charge in [0, 0.05) is 11.5 Å². The van der Waals surface area contributed by atoms with Crippen molar-refractivity contribution < 1.29 is 24.4 Å². The van der Waals surface area contributed by atoms with Gasteiger partial charge in [0.05, 0.1) is 6.61 Å². The number of aryl methyl sites for hydroxylation is 1. The summed E-state index contributed by atoms with van der Waals surface area (Å²) in [5.41, 5.74) is 0. The summed E-state index contributed by atoms with van der Waals surface area (Å²) in [5, 5.41) is 19.0. The second kappa shape index (κ2) is 6.96. The first kappa shape index (κ1) is 14.6. The molecule has 1 rings (SSSR count). The van der Waals surface area contributed by atoms with Gasteiger partial charge in [0.1, 0.15) is 12.7 Å². The van der Waals surface area contributed by atoms with Crippen molar-refractivity contribution in [2.45, 2.75) is 13.5 Å². The van der Waals surface area contributed by atoms with E-state index in [0.717, 1.165) is 0 Å². The van der Waals surface area contributed by atoms with Crippen LogP contribution < -0.4 is 0 Å². The fourth-order valence-corrected chi connectivity index (χ4v) is 0.978. The smallest absolute Gasteiger partial charge is 0.392 e. The molecule has 1 aromatic rings. The lowest BCUT2D eigenvalue weighted by molar-refractivity contribution is -0.392. The minimum Gasteiger partial charge on any atom is -0.392 e. The second-order valence-electron chi connectivity index (χ2n) is 2.55. The SMILES string of the molecule is Cc1ncc([N+](=O)[O-])n1CCO.O=[P+](O)O. The number of aliphatic hydroxyl groups excluding tert-OH is 1. The lowest BCUT2D eigenvalue weighted by atomic mass is 10.6. The Kier molecular flexibility index (Phi) is 6.35. The molecular formula is C6H11N3O6P+. The van der Waals surface area contributed by atoms with Gasteiger partial charge >= 0.3 is 14.1 Å². The van der Waals surface area contributed by atoms with Gasteiger partial charge in [-0.15, -0.1) is 9.79 Å². The van der Waals surface area contributed by atoms with Crippen molar-refractivity contribution in [2.75, 3.05) is 6.61 Å². The van der Waals surface area contributed by atoms with Gasteiger partial charge in [-0.25, -0.2) is 9.55 Å². The van der Waals surface area contributed by atoms with Gasteiger partial charge in [0.25, 0.3) is 0 Å². The van der Waals surface area contributed by atoms with Crippen molar-refractivity contribution in [1.82, 2.24) is 9.55 Å². The van der Waals surface area contributed by atoms with Crippen LogP contribution in [0.1, 0.15) is 5.82 Å². The number of nitrogens with zero attached hydrogens (tertiary/aromatic N) is 3. The van der Waals surface area contributed by atoms with Gasteiger partial charge in [0.15, 0.2) is 5.82 Å². The van der Waals surface area contributed by atoms with E-state index in [9.17, 15) is 10.1 Å². The Bertz CT molecular complexity index is 374. The highest BCUT2D eigenvalue weighted by molar-refractivity contribution is 7.30. The Labute approximate surface area is 91.1 Å². The van der Waals surface area contributed by atoms with E-state index in [4.69, 9.17) is 19.5 Å². The summed E-state index contributed by atoms with van der Waals surface area (Å²) >= 11 is 0. The third kappa shape index (κ3) is 4.89. The maximum atomic E-state index is 10.4. The molecule has 0 saturated heterocycles. The van der Waals surface area contributed by atoms with E-state index < -0.39 is 13.2 Å². The summed E-state index contributed by atoms with van der Waals surface area (Å²) in [7, 11) is -2.87. The van der Waals surface area contributed by atoms with Gasteiger partial charge in [-0.05, 0) is 4.92 Å². The quantitative estimate of drug-likeness (QED) is 0.382. The fourth-order valence-electron chi connectivity index (χ4n) is 0.978. The lowest BCUT2D eigenvalue weighted by Gasteiger charge is -1.98.